The third-order valence-electron chi connectivity index (χ3n) is 6.02. The standard InChI is InChI=1S/C30H48O4/c1-3-4-5-6-7-8-9-10-11-12-13-14-15-16-17-18-19-20-25-34-30(32)24-22-27-21-23-28(31)29(26-27)33-2/h10-11,21-24,26,31H,3-9,12-20,25H2,1-2H3/b11-10+,24-22+. The maximum Gasteiger partial charge on any atom is 0.330 e. The van der Waals surface area contributed by atoms with Crippen LogP contribution >= 0.6 is 0 Å². The third kappa shape index (κ3) is 16.4. The van der Waals surface area contributed by atoms with Crippen molar-refractivity contribution in [3.05, 3.63) is 42.0 Å². The summed E-state index contributed by atoms with van der Waals surface area (Å²) in [4.78, 5) is 11.8. The van der Waals surface area contributed by atoms with E-state index in [1.165, 1.54) is 103 Å². The van der Waals surface area contributed by atoms with Gasteiger partial charge >= 0.3 is 5.97 Å². The first-order valence-corrected chi connectivity index (χ1v) is 13.5. The van der Waals surface area contributed by atoms with Crippen LogP contribution in [0.2, 0.25) is 0 Å². The highest BCUT2D eigenvalue weighted by atomic mass is 16.5. The van der Waals surface area contributed by atoms with E-state index in [-0.39, 0.29) is 11.7 Å². The summed E-state index contributed by atoms with van der Waals surface area (Å²) >= 11 is 0. The predicted octanol–water partition coefficient (Wildman–Crippen LogP) is 8.77. The van der Waals surface area contributed by atoms with Gasteiger partial charge in [-0.05, 0) is 55.9 Å². The molecule has 0 saturated heterocycles. The Bertz CT molecular complexity index is 693. The number of ether oxygens (including phenoxy) is 2. The Morgan fingerprint density at radius 3 is 1.97 bits per heavy atom. The summed E-state index contributed by atoms with van der Waals surface area (Å²) < 4.78 is 10.3. The number of carbonyl (C=O) groups excluding carboxylic acids is 1. The lowest BCUT2D eigenvalue weighted by Gasteiger charge is -2.04. The molecule has 34 heavy (non-hydrogen) atoms. The second-order valence-corrected chi connectivity index (χ2v) is 9.08. The molecular formula is C30H48O4. The van der Waals surface area contributed by atoms with Crippen molar-refractivity contribution in [3.63, 3.8) is 0 Å². The van der Waals surface area contributed by atoms with Crippen molar-refractivity contribution in [1.82, 2.24) is 0 Å². The maximum atomic E-state index is 11.8. The molecule has 0 amide bonds. The molecule has 0 fully saturated rings. The average molecular weight is 473 g/mol. The number of hydrogen-bond donors (Lipinski definition) is 1. The van der Waals surface area contributed by atoms with E-state index in [9.17, 15) is 9.90 Å². The van der Waals surface area contributed by atoms with E-state index in [2.05, 4.69) is 19.1 Å². The molecule has 192 valence electrons. The van der Waals surface area contributed by atoms with Crippen LogP contribution in [0.3, 0.4) is 0 Å². The first-order chi connectivity index (χ1) is 16.7. The Hall–Kier alpha value is -2.23. The van der Waals surface area contributed by atoms with Gasteiger partial charge < -0.3 is 14.6 Å². The van der Waals surface area contributed by atoms with E-state index in [0.29, 0.717) is 12.4 Å². The lowest BCUT2D eigenvalue weighted by atomic mass is 10.1. The van der Waals surface area contributed by atoms with E-state index in [1.54, 1.807) is 24.3 Å². The van der Waals surface area contributed by atoms with Crippen molar-refractivity contribution in [2.75, 3.05) is 13.7 Å². The lowest BCUT2D eigenvalue weighted by Crippen LogP contribution is -2.02. The fraction of sp³-hybridized carbons (Fsp3) is 0.633. The molecule has 0 radical (unpaired) electrons. The molecular weight excluding hydrogens is 424 g/mol. The monoisotopic (exact) mass is 472 g/mol. The number of benzene rings is 1. The summed E-state index contributed by atoms with van der Waals surface area (Å²) in [6, 6.07) is 4.93. The van der Waals surface area contributed by atoms with Gasteiger partial charge in [-0.15, -0.1) is 0 Å². The molecule has 0 saturated carbocycles. The van der Waals surface area contributed by atoms with Gasteiger partial charge in [0.05, 0.1) is 13.7 Å². The van der Waals surface area contributed by atoms with Gasteiger partial charge in [0.2, 0.25) is 0 Å². The van der Waals surface area contributed by atoms with Gasteiger partial charge in [0, 0.05) is 6.08 Å². The number of phenols is 1. The Kier molecular flexibility index (Phi) is 18.7. The minimum absolute atomic E-state index is 0.0773. The highest BCUT2D eigenvalue weighted by Crippen LogP contribution is 2.26. The first-order valence-electron chi connectivity index (χ1n) is 13.5. The third-order valence-corrected chi connectivity index (χ3v) is 6.02. The smallest absolute Gasteiger partial charge is 0.330 e. The largest absolute Gasteiger partial charge is 0.504 e. The van der Waals surface area contributed by atoms with Gasteiger partial charge in [-0.25, -0.2) is 4.79 Å². The van der Waals surface area contributed by atoms with Gasteiger partial charge in [-0.3, -0.25) is 0 Å². The summed E-state index contributed by atoms with van der Waals surface area (Å²) in [6.45, 7) is 2.73. The Labute approximate surface area is 208 Å². The van der Waals surface area contributed by atoms with Crippen molar-refractivity contribution < 1.29 is 19.4 Å². The molecule has 0 aliphatic carbocycles. The van der Waals surface area contributed by atoms with Crippen LogP contribution in [0.1, 0.15) is 115 Å². The van der Waals surface area contributed by atoms with E-state index >= 15 is 0 Å². The minimum atomic E-state index is -0.340. The summed E-state index contributed by atoms with van der Waals surface area (Å²) in [5.41, 5.74) is 0.774. The Morgan fingerprint density at radius 2 is 1.38 bits per heavy atom. The number of carbonyl (C=O) groups is 1. The van der Waals surface area contributed by atoms with Crippen LogP contribution in [0.25, 0.3) is 6.08 Å². The molecule has 4 heteroatoms. The lowest BCUT2D eigenvalue weighted by molar-refractivity contribution is -0.137. The van der Waals surface area contributed by atoms with Crippen LogP contribution in [0.15, 0.2) is 36.4 Å². The molecule has 0 aromatic heterocycles. The van der Waals surface area contributed by atoms with E-state index < -0.39 is 0 Å². The molecule has 0 bridgehead atoms. The molecule has 1 N–H and O–H groups in total. The fourth-order valence-corrected chi connectivity index (χ4v) is 3.89. The number of rotatable bonds is 21. The highest BCUT2D eigenvalue weighted by molar-refractivity contribution is 5.87. The average Bonchev–Trinajstić information content (AvgIpc) is 2.85. The van der Waals surface area contributed by atoms with E-state index in [1.807, 2.05) is 0 Å². The number of allylic oxidation sites excluding steroid dienone is 2. The van der Waals surface area contributed by atoms with Crippen LogP contribution in [0.4, 0.5) is 0 Å². The maximum absolute atomic E-state index is 11.8. The highest BCUT2D eigenvalue weighted by Gasteiger charge is 2.02. The molecule has 0 unspecified atom stereocenters. The fourth-order valence-electron chi connectivity index (χ4n) is 3.89. The van der Waals surface area contributed by atoms with Crippen molar-refractivity contribution >= 4 is 12.0 Å². The van der Waals surface area contributed by atoms with Crippen molar-refractivity contribution in [2.24, 2.45) is 0 Å². The van der Waals surface area contributed by atoms with E-state index in [4.69, 9.17) is 9.47 Å². The molecule has 0 aliphatic heterocycles. The zero-order chi connectivity index (χ0) is 24.7. The van der Waals surface area contributed by atoms with Crippen LogP contribution < -0.4 is 4.74 Å². The molecule has 0 aliphatic rings. The predicted molar refractivity (Wildman–Crippen MR) is 143 cm³/mol. The van der Waals surface area contributed by atoms with Crippen LogP contribution in [-0.4, -0.2) is 24.8 Å². The zero-order valence-electron chi connectivity index (χ0n) is 21.7. The molecule has 4 nitrogen and oxygen atoms in total. The van der Waals surface area contributed by atoms with E-state index in [0.717, 1.165) is 18.4 Å². The molecule has 1 aromatic rings. The quantitative estimate of drug-likeness (QED) is 0.0840. The van der Waals surface area contributed by atoms with Crippen LogP contribution in [-0.2, 0) is 9.53 Å². The summed E-state index contributed by atoms with van der Waals surface area (Å²) in [6.07, 6.45) is 28.4. The first kappa shape index (κ1) is 29.8. The summed E-state index contributed by atoms with van der Waals surface area (Å²) in [5.74, 6) is 0.118. The number of hydrogen-bond acceptors (Lipinski definition) is 4. The Balaban J connectivity index is 1.88. The number of aromatic hydroxyl groups is 1. The zero-order valence-corrected chi connectivity index (χ0v) is 21.7. The number of unbranched alkanes of at least 4 members (excludes halogenated alkanes) is 14. The van der Waals surface area contributed by atoms with Crippen molar-refractivity contribution in [1.29, 1.82) is 0 Å². The van der Waals surface area contributed by atoms with Gasteiger partial charge in [-0.1, -0.05) is 95.8 Å². The molecule has 0 atom stereocenters. The number of esters is 1. The second kappa shape index (κ2) is 21.3. The Morgan fingerprint density at radius 1 is 0.824 bits per heavy atom. The van der Waals surface area contributed by atoms with Gasteiger partial charge in [-0.2, -0.15) is 0 Å². The molecule has 1 rings (SSSR count). The van der Waals surface area contributed by atoms with Crippen LogP contribution in [0, 0.1) is 0 Å². The number of phenolic OH excluding ortho intramolecular Hbond substituents is 1. The summed E-state index contributed by atoms with van der Waals surface area (Å²) in [5, 5.41) is 9.60. The van der Waals surface area contributed by atoms with Crippen molar-refractivity contribution in [2.45, 2.75) is 110 Å². The van der Waals surface area contributed by atoms with Crippen LogP contribution in [0.5, 0.6) is 11.5 Å². The van der Waals surface area contributed by atoms with Gasteiger partial charge in [0.15, 0.2) is 11.5 Å². The second-order valence-electron chi connectivity index (χ2n) is 9.08. The molecule has 1 aromatic carbocycles. The van der Waals surface area contributed by atoms with Gasteiger partial charge in [0.1, 0.15) is 0 Å². The minimum Gasteiger partial charge on any atom is -0.504 e. The normalized spacial score (nSPS) is 11.5. The molecule has 0 heterocycles. The SMILES string of the molecule is CCCCCCCC/C=C/CCCCCCCCCCOC(=O)/C=C/c1ccc(O)c(OC)c1. The molecule has 0 spiro atoms. The van der Waals surface area contributed by atoms with Crippen molar-refractivity contribution in [3.8, 4) is 11.5 Å². The summed E-state index contributed by atoms with van der Waals surface area (Å²) in [7, 11) is 1.49. The number of methoxy groups -OCH3 is 1. The topological polar surface area (TPSA) is 55.8 Å². The van der Waals surface area contributed by atoms with Gasteiger partial charge in [0.25, 0.3) is 0 Å².